The van der Waals surface area contributed by atoms with Gasteiger partial charge in [0.15, 0.2) is 5.69 Å². The normalized spacial score (nSPS) is 11.6. The molecule has 0 aliphatic rings. The van der Waals surface area contributed by atoms with E-state index in [1.54, 1.807) is 0 Å². The Hall–Kier alpha value is -1.77. The maximum atomic E-state index is 12.1. The molecule has 148 valence electrons. The molecule has 1 heterocycles. The fourth-order valence-corrected chi connectivity index (χ4v) is 4.49. The largest absolute Gasteiger partial charge is 0.476 e. The van der Waals surface area contributed by atoms with Gasteiger partial charge in [0.1, 0.15) is 0 Å². The van der Waals surface area contributed by atoms with Gasteiger partial charge < -0.3 is 5.11 Å². The van der Waals surface area contributed by atoms with Gasteiger partial charge in [-0.2, -0.15) is 0 Å². The maximum Gasteiger partial charge on any atom is 0.355 e. The first-order chi connectivity index (χ1) is 12.9. The number of rotatable bonds is 12. The van der Waals surface area contributed by atoms with Crippen LogP contribution in [0, 0.1) is 0 Å². The lowest BCUT2D eigenvalue weighted by molar-refractivity contribution is 0.0691. The standard InChI is InChI=1S/C19H26N2O4S2/c1-2-3-5-15-7-9-16(10-8-15)11-13-27(24,25)20-12-4-6-18-21-17(14-26-18)19(22)23/h7-10,14,20H,2-6,11-13H2,1H3,(H,22,23). The van der Waals surface area contributed by atoms with E-state index in [4.69, 9.17) is 5.11 Å². The van der Waals surface area contributed by atoms with Crippen LogP contribution in [0.1, 0.15) is 52.8 Å². The first-order valence-electron chi connectivity index (χ1n) is 9.12. The SMILES string of the molecule is CCCCc1ccc(CCS(=O)(=O)NCCCc2nc(C(=O)O)cs2)cc1. The van der Waals surface area contributed by atoms with Crippen LogP contribution in [0.4, 0.5) is 0 Å². The van der Waals surface area contributed by atoms with Crippen LogP contribution in [0.25, 0.3) is 0 Å². The number of thiazole rings is 1. The van der Waals surface area contributed by atoms with Crippen molar-refractivity contribution in [2.45, 2.75) is 45.4 Å². The highest BCUT2D eigenvalue weighted by Gasteiger charge is 2.11. The van der Waals surface area contributed by atoms with Crippen LogP contribution in [-0.2, 0) is 29.3 Å². The summed E-state index contributed by atoms with van der Waals surface area (Å²) in [6, 6.07) is 8.15. The fraction of sp³-hybridized carbons (Fsp3) is 0.474. The minimum atomic E-state index is -3.33. The summed E-state index contributed by atoms with van der Waals surface area (Å²) < 4.78 is 26.8. The van der Waals surface area contributed by atoms with Crippen LogP contribution < -0.4 is 4.72 Å². The van der Waals surface area contributed by atoms with Gasteiger partial charge in [0.05, 0.1) is 10.8 Å². The van der Waals surface area contributed by atoms with Gasteiger partial charge in [0.25, 0.3) is 0 Å². The number of hydrogen-bond donors (Lipinski definition) is 2. The summed E-state index contributed by atoms with van der Waals surface area (Å²) >= 11 is 1.28. The lowest BCUT2D eigenvalue weighted by atomic mass is 10.1. The quantitative estimate of drug-likeness (QED) is 0.524. The van der Waals surface area contributed by atoms with E-state index in [2.05, 4.69) is 28.8 Å². The van der Waals surface area contributed by atoms with Gasteiger partial charge >= 0.3 is 5.97 Å². The molecule has 0 amide bonds. The summed E-state index contributed by atoms with van der Waals surface area (Å²) in [6.45, 7) is 2.48. The van der Waals surface area contributed by atoms with E-state index in [1.165, 1.54) is 22.3 Å². The number of nitrogens with one attached hydrogen (secondary N) is 1. The number of carbonyl (C=O) groups is 1. The summed E-state index contributed by atoms with van der Waals surface area (Å²) in [5, 5.41) is 11.0. The van der Waals surface area contributed by atoms with E-state index in [0.29, 0.717) is 30.8 Å². The Morgan fingerprint density at radius 1 is 1.11 bits per heavy atom. The molecule has 2 rings (SSSR count). The highest BCUT2D eigenvalue weighted by atomic mass is 32.2. The first kappa shape index (κ1) is 21.5. The van der Waals surface area contributed by atoms with Gasteiger partial charge in [0.2, 0.25) is 10.0 Å². The van der Waals surface area contributed by atoms with E-state index >= 15 is 0 Å². The molecule has 0 aliphatic heterocycles. The number of aryl methyl sites for hydroxylation is 3. The molecule has 0 spiro atoms. The minimum Gasteiger partial charge on any atom is -0.476 e. The highest BCUT2D eigenvalue weighted by molar-refractivity contribution is 7.89. The second kappa shape index (κ2) is 10.5. The van der Waals surface area contributed by atoms with Gasteiger partial charge in [-0.05, 0) is 36.8 Å². The second-order valence-electron chi connectivity index (χ2n) is 6.42. The molecule has 0 bridgehead atoms. The molecule has 0 saturated carbocycles. The number of sulfonamides is 1. The molecule has 6 nitrogen and oxygen atoms in total. The number of nitrogens with zero attached hydrogens (tertiary/aromatic N) is 1. The molecule has 2 N–H and O–H groups in total. The molecule has 0 atom stereocenters. The van der Waals surface area contributed by atoms with Crippen molar-refractivity contribution in [1.29, 1.82) is 0 Å². The van der Waals surface area contributed by atoms with E-state index in [9.17, 15) is 13.2 Å². The van der Waals surface area contributed by atoms with E-state index in [1.807, 2.05) is 12.1 Å². The Bertz CT molecular complexity index is 830. The average molecular weight is 411 g/mol. The zero-order chi connectivity index (χ0) is 19.7. The Kier molecular flexibility index (Phi) is 8.40. The molecule has 27 heavy (non-hydrogen) atoms. The topological polar surface area (TPSA) is 96.4 Å². The molecule has 0 radical (unpaired) electrons. The summed E-state index contributed by atoms with van der Waals surface area (Å²) in [5.41, 5.74) is 2.34. The van der Waals surface area contributed by atoms with Gasteiger partial charge in [-0.25, -0.2) is 22.9 Å². The molecule has 0 unspecified atom stereocenters. The van der Waals surface area contributed by atoms with Crippen LogP contribution in [0.2, 0.25) is 0 Å². The van der Waals surface area contributed by atoms with Crippen molar-refractivity contribution in [1.82, 2.24) is 9.71 Å². The van der Waals surface area contributed by atoms with Crippen molar-refractivity contribution in [3.8, 4) is 0 Å². The highest BCUT2D eigenvalue weighted by Crippen LogP contribution is 2.12. The van der Waals surface area contributed by atoms with Crippen molar-refractivity contribution in [2.75, 3.05) is 12.3 Å². The van der Waals surface area contributed by atoms with E-state index < -0.39 is 16.0 Å². The van der Waals surface area contributed by atoms with Crippen molar-refractivity contribution in [3.63, 3.8) is 0 Å². The average Bonchev–Trinajstić information content (AvgIpc) is 3.12. The molecular formula is C19H26N2O4S2. The lowest BCUT2D eigenvalue weighted by Gasteiger charge is -2.07. The monoisotopic (exact) mass is 410 g/mol. The number of aromatic nitrogens is 1. The zero-order valence-corrected chi connectivity index (χ0v) is 17.1. The molecule has 1 aromatic carbocycles. The predicted octanol–water partition coefficient (Wildman–Crippen LogP) is 3.28. The molecular weight excluding hydrogens is 384 g/mol. The third-order valence-corrected chi connectivity index (χ3v) is 6.46. The number of unbranched alkanes of at least 4 members (excludes halogenated alkanes) is 1. The van der Waals surface area contributed by atoms with Crippen LogP contribution in [0.5, 0.6) is 0 Å². The first-order valence-corrected chi connectivity index (χ1v) is 11.7. The third-order valence-electron chi connectivity index (χ3n) is 4.16. The van der Waals surface area contributed by atoms with Crippen LogP contribution in [0.15, 0.2) is 29.6 Å². The van der Waals surface area contributed by atoms with Crippen molar-refractivity contribution >= 4 is 27.3 Å². The number of carboxylic acid groups (broad SMARTS) is 1. The van der Waals surface area contributed by atoms with Gasteiger partial charge in [-0.15, -0.1) is 11.3 Å². The predicted molar refractivity (Wildman–Crippen MR) is 108 cm³/mol. The Morgan fingerprint density at radius 2 is 1.78 bits per heavy atom. The number of carboxylic acids is 1. The summed E-state index contributed by atoms with van der Waals surface area (Å²) in [6.07, 6.45) is 5.00. The summed E-state index contributed by atoms with van der Waals surface area (Å²) in [7, 11) is -3.33. The van der Waals surface area contributed by atoms with Crippen LogP contribution in [0.3, 0.4) is 0 Å². The Morgan fingerprint density at radius 3 is 2.37 bits per heavy atom. The van der Waals surface area contributed by atoms with Crippen molar-refractivity contribution in [2.24, 2.45) is 0 Å². The maximum absolute atomic E-state index is 12.1. The number of benzene rings is 1. The van der Waals surface area contributed by atoms with E-state index in [0.717, 1.165) is 24.8 Å². The van der Waals surface area contributed by atoms with Crippen LogP contribution >= 0.6 is 11.3 Å². The second-order valence-corrected chi connectivity index (χ2v) is 9.29. The van der Waals surface area contributed by atoms with Gasteiger partial charge in [-0.1, -0.05) is 37.6 Å². The zero-order valence-electron chi connectivity index (χ0n) is 15.5. The van der Waals surface area contributed by atoms with E-state index in [-0.39, 0.29) is 11.4 Å². The minimum absolute atomic E-state index is 0.0382. The lowest BCUT2D eigenvalue weighted by Crippen LogP contribution is -2.28. The van der Waals surface area contributed by atoms with Crippen molar-refractivity contribution in [3.05, 3.63) is 51.5 Å². The van der Waals surface area contributed by atoms with Gasteiger partial charge in [-0.3, -0.25) is 0 Å². The summed E-state index contributed by atoms with van der Waals surface area (Å²) in [4.78, 5) is 14.8. The number of hydrogen-bond acceptors (Lipinski definition) is 5. The molecule has 1 aromatic heterocycles. The molecule has 0 aliphatic carbocycles. The molecule has 8 heteroatoms. The third kappa shape index (κ3) is 7.78. The van der Waals surface area contributed by atoms with Crippen molar-refractivity contribution < 1.29 is 18.3 Å². The smallest absolute Gasteiger partial charge is 0.355 e. The number of aromatic carboxylic acids is 1. The fourth-order valence-electron chi connectivity index (χ4n) is 2.57. The molecule has 0 fully saturated rings. The van der Waals surface area contributed by atoms with Crippen LogP contribution in [-0.4, -0.2) is 36.8 Å². The molecule has 2 aromatic rings. The molecule has 0 saturated heterocycles. The Balaban J connectivity index is 1.70. The van der Waals surface area contributed by atoms with Gasteiger partial charge in [0, 0.05) is 18.3 Å². The summed E-state index contributed by atoms with van der Waals surface area (Å²) in [5.74, 6) is -0.988. The Labute approximate surface area is 164 Å².